The van der Waals surface area contributed by atoms with Crippen molar-refractivity contribution in [2.45, 2.75) is 59.1 Å². The Balaban J connectivity index is 1.77. The second-order valence-corrected chi connectivity index (χ2v) is 11.3. The second-order valence-electron chi connectivity index (χ2n) is 11.3. The molecule has 8 nitrogen and oxygen atoms in total. The SMILES string of the molecule is CCOc1cc(C2/C(=C(/O)c3ccc4c(c3)CC(C)O4)C(=O)C(=O)N2CCCN(C)C)ccc1OCCC(C)C. The van der Waals surface area contributed by atoms with Crippen LogP contribution in [0.3, 0.4) is 0 Å². The molecule has 8 heteroatoms. The van der Waals surface area contributed by atoms with Gasteiger partial charge in [0.15, 0.2) is 11.5 Å². The highest BCUT2D eigenvalue weighted by Crippen LogP contribution is 2.43. The molecule has 4 rings (SSSR count). The second kappa shape index (κ2) is 12.8. The molecule has 2 aromatic carbocycles. The average molecular weight is 551 g/mol. The minimum Gasteiger partial charge on any atom is -0.507 e. The maximum absolute atomic E-state index is 13.5. The zero-order valence-corrected chi connectivity index (χ0v) is 24.5. The van der Waals surface area contributed by atoms with Crippen molar-refractivity contribution in [3.63, 3.8) is 0 Å². The summed E-state index contributed by atoms with van der Waals surface area (Å²) in [6.45, 7) is 10.3. The maximum atomic E-state index is 13.5. The van der Waals surface area contributed by atoms with E-state index in [1.807, 2.05) is 63.2 Å². The smallest absolute Gasteiger partial charge is 0.295 e. The van der Waals surface area contributed by atoms with Crippen LogP contribution in [0.25, 0.3) is 5.76 Å². The van der Waals surface area contributed by atoms with Gasteiger partial charge in [-0.15, -0.1) is 0 Å². The first-order valence-corrected chi connectivity index (χ1v) is 14.2. The van der Waals surface area contributed by atoms with E-state index >= 15 is 0 Å². The fourth-order valence-electron chi connectivity index (χ4n) is 5.23. The number of ether oxygens (including phenoxy) is 3. The van der Waals surface area contributed by atoms with Gasteiger partial charge in [0.2, 0.25) is 0 Å². The first-order valence-electron chi connectivity index (χ1n) is 14.2. The molecule has 2 atom stereocenters. The van der Waals surface area contributed by atoms with Crippen molar-refractivity contribution < 1.29 is 28.9 Å². The quantitative estimate of drug-likeness (QED) is 0.221. The number of amides is 1. The van der Waals surface area contributed by atoms with Crippen LogP contribution in [-0.2, 0) is 16.0 Å². The van der Waals surface area contributed by atoms with Crippen LogP contribution in [0.2, 0.25) is 0 Å². The van der Waals surface area contributed by atoms with Gasteiger partial charge < -0.3 is 29.1 Å². The zero-order valence-electron chi connectivity index (χ0n) is 24.5. The Morgan fingerprint density at radius 3 is 2.60 bits per heavy atom. The van der Waals surface area contributed by atoms with Gasteiger partial charge in [0, 0.05) is 18.5 Å². The Bertz CT molecular complexity index is 1270. The summed E-state index contributed by atoms with van der Waals surface area (Å²) in [7, 11) is 3.94. The van der Waals surface area contributed by atoms with Crippen molar-refractivity contribution >= 4 is 17.4 Å². The standard InChI is InChI=1S/C32H42N2O6/c1-7-38-27-19-22(9-12-26(27)39-16-13-20(2)3)29-28(31(36)32(37)34(29)15-8-14-33(5)6)30(35)23-10-11-25-24(18-23)17-21(4)40-25/h9-12,18-21,29,35H,7-8,13-17H2,1-6H3/b30-28-. The third-order valence-electron chi connectivity index (χ3n) is 7.25. The highest BCUT2D eigenvalue weighted by molar-refractivity contribution is 6.46. The zero-order chi connectivity index (χ0) is 29.0. The van der Waals surface area contributed by atoms with E-state index in [9.17, 15) is 14.7 Å². The molecule has 1 fully saturated rings. The van der Waals surface area contributed by atoms with E-state index in [0.717, 1.165) is 30.7 Å². The van der Waals surface area contributed by atoms with E-state index in [1.54, 1.807) is 11.0 Å². The number of likely N-dealkylation sites (tertiary alicyclic amines) is 1. The number of nitrogens with zero attached hydrogens (tertiary/aromatic N) is 2. The molecule has 2 aromatic rings. The Labute approximate surface area is 237 Å². The lowest BCUT2D eigenvalue weighted by Crippen LogP contribution is -2.32. The summed E-state index contributed by atoms with van der Waals surface area (Å²) in [5, 5.41) is 11.5. The van der Waals surface area contributed by atoms with E-state index in [1.165, 1.54) is 0 Å². The van der Waals surface area contributed by atoms with Gasteiger partial charge in [0.05, 0.1) is 24.8 Å². The van der Waals surface area contributed by atoms with E-state index < -0.39 is 17.7 Å². The minimum atomic E-state index is -0.755. The number of hydrogen-bond donors (Lipinski definition) is 1. The molecule has 2 aliphatic heterocycles. The lowest BCUT2D eigenvalue weighted by atomic mass is 9.94. The summed E-state index contributed by atoms with van der Waals surface area (Å²) in [5.74, 6) is 0.960. The van der Waals surface area contributed by atoms with Crippen molar-refractivity contribution in [2.24, 2.45) is 5.92 Å². The highest BCUT2D eigenvalue weighted by atomic mass is 16.5. The number of Topliss-reactive ketones (excluding diaryl/α,β-unsaturated/α-hetero) is 1. The number of ketones is 1. The molecule has 0 bridgehead atoms. The molecule has 0 aliphatic carbocycles. The normalized spacial score (nSPS) is 19.9. The summed E-state index contributed by atoms with van der Waals surface area (Å²) in [6.07, 6.45) is 2.35. The summed E-state index contributed by atoms with van der Waals surface area (Å²) < 4.78 is 17.8. The Morgan fingerprint density at radius 1 is 1.12 bits per heavy atom. The van der Waals surface area contributed by atoms with Crippen LogP contribution in [0.15, 0.2) is 42.0 Å². The van der Waals surface area contributed by atoms with E-state index in [4.69, 9.17) is 14.2 Å². The van der Waals surface area contributed by atoms with Gasteiger partial charge in [-0.2, -0.15) is 0 Å². The Morgan fingerprint density at radius 2 is 1.90 bits per heavy atom. The molecule has 1 N–H and O–H groups in total. The van der Waals surface area contributed by atoms with Crippen molar-refractivity contribution in [3.05, 3.63) is 58.7 Å². The van der Waals surface area contributed by atoms with Crippen LogP contribution in [0, 0.1) is 5.92 Å². The van der Waals surface area contributed by atoms with E-state index in [2.05, 4.69) is 13.8 Å². The average Bonchev–Trinajstić information content (AvgIpc) is 3.39. The van der Waals surface area contributed by atoms with Crippen LogP contribution in [0.1, 0.15) is 63.3 Å². The molecule has 0 spiro atoms. The van der Waals surface area contributed by atoms with Crippen LogP contribution in [0.5, 0.6) is 17.2 Å². The van der Waals surface area contributed by atoms with Gasteiger partial charge in [0.1, 0.15) is 17.6 Å². The number of aliphatic hydroxyl groups excluding tert-OH is 1. The molecule has 2 aliphatic rings. The van der Waals surface area contributed by atoms with Gasteiger partial charge in [-0.1, -0.05) is 19.9 Å². The molecule has 0 radical (unpaired) electrons. The molecule has 40 heavy (non-hydrogen) atoms. The van der Waals surface area contributed by atoms with Crippen LogP contribution in [0.4, 0.5) is 0 Å². The first kappa shape index (κ1) is 29.5. The number of benzene rings is 2. The fraction of sp³-hybridized carbons (Fsp3) is 0.500. The molecule has 0 aromatic heterocycles. The third kappa shape index (κ3) is 6.44. The molecule has 2 unspecified atom stereocenters. The Kier molecular flexibility index (Phi) is 9.40. The lowest BCUT2D eigenvalue weighted by molar-refractivity contribution is -0.139. The predicted octanol–water partition coefficient (Wildman–Crippen LogP) is 5.21. The van der Waals surface area contributed by atoms with Crippen LogP contribution in [-0.4, -0.2) is 73.1 Å². The van der Waals surface area contributed by atoms with Crippen molar-refractivity contribution in [1.82, 2.24) is 9.80 Å². The van der Waals surface area contributed by atoms with Gasteiger partial charge in [-0.3, -0.25) is 9.59 Å². The van der Waals surface area contributed by atoms with Gasteiger partial charge in [0.25, 0.3) is 11.7 Å². The monoisotopic (exact) mass is 550 g/mol. The summed E-state index contributed by atoms with van der Waals surface area (Å²) in [4.78, 5) is 30.5. The predicted molar refractivity (Wildman–Crippen MR) is 155 cm³/mol. The first-order chi connectivity index (χ1) is 19.1. The topological polar surface area (TPSA) is 88.5 Å². The van der Waals surface area contributed by atoms with Gasteiger partial charge in [-0.25, -0.2) is 0 Å². The van der Waals surface area contributed by atoms with E-state index in [0.29, 0.717) is 54.7 Å². The number of hydrogen-bond acceptors (Lipinski definition) is 7. The molecule has 216 valence electrons. The fourth-order valence-corrected chi connectivity index (χ4v) is 5.23. The van der Waals surface area contributed by atoms with Crippen molar-refractivity contribution in [2.75, 3.05) is 40.4 Å². The van der Waals surface area contributed by atoms with Crippen molar-refractivity contribution in [3.8, 4) is 17.2 Å². The Hall–Kier alpha value is -3.52. The minimum absolute atomic E-state index is 0.0490. The lowest BCUT2D eigenvalue weighted by Gasteiger charge is -2.26. The molecule has 2 heterocycles. The third-order valence-corrected chi connectivity index (χ3v) is 7.25. The molecular weight excluding hydrogens is 508 g/mol. The summed E-state index contributed by atoms with van der Waals surface area (Å²) in [6, 6.07) is 10.2. The summed E-state index contributed by atoms with van der Waals surface area (Å²) in [5.41, 5.74) is 2.22. The summed E-state index contributed by atoms with van der Waals surface area (Å²) >= 11 is 0. The molecule has 1 saturated heterocycles. The van der Waals surface area contributed by atoms with Crippen molar-refractivity contribution in [1.29, 1.82) is 0 Å². The number of fused-ring (bicyclic) bond motifs is 1. The van der Waals surface area contributed by atoms with E-state index in [-0.39, 0.29) is 17.4 Å². The van der Waals surface area contributed by atoms with Crippen LogP contribution >= 0.6 is 0 Å². The molecular formula is C32H42N2O6. The highest BCUT2D eigenvalue weighted by Gasteiger charge is 2.46. The molecule has 1 amide bonds. The largest absolute Gasteiger partial charge is 0.507 e. The number of carbonyl (C=O) groups excluding carboxylic acids is 2. The number of carbonyl (C=O) groups is 2. The number of aliphatic hydroxyl groups is 1. The van der Waals surface area contributed by atoms with Gasteiger partial charge >= 0.3 is 0 Å². The van der Waals surface area contributed by atoms with Gasteiger partial charge in [-0.05, 0) is 94.7 Å². The molecule has 0 saturated carbocycles. The number of rotatable bonds is 12. The van der Waals surface area contributed by atoms with Crippen LogP contribution < -0.4 is 14.2 Å². The maximum Gasteiger partial charge on any atom is 0.295 e.